The van der Waals surface area contributed by atoms with E-state index in [1.807, 2.05) is 11.3 Å². The Bertz CT molecular complexity index is 366. The van der Waals surface area contributed by atoms with Crippen LogP contribution in [0.4, 0.5) is 0 Å². The lowest BCUT2D eigenvalue weighted by molar-refractivity contribution is -0.0739. The van der Waals surface area contributed by atoms with E-state index in [2.05, 4.69) is 18.3 Å². The molecule has 1 atom stereocenters. The topological polar surface area (TPSA) is 21.3 Å². The monoisotopic (exact) mass is 223 g/mol. The standard InChI is InChI=1S/C12H17NOS/c1-9-7-10-11(15-9)3-6-14-12(10)4-2-5-13-8-12/h7,13H,2-6,8H2,1H3/t12-/m1/s1. The highest BCUT2D eigenvalue weighted by molar-refractivity contribution is 7.12. The molecule has 1 saturated heterocycles. The zero-order valence-corrected chi connectivity index (χ0v) is 9.95. The lowest BCUT2D eigenvalue weighted by atomic mass is 9.84. The summed E-state index contributed by atoms with van der Waals surface area (Å²) in [5, 5.41) is 3.48. The molecule has 0 unspecified atom stereocenters. The largest absolute Gasteiger partial charge is 0.369 e. The van der Waals surface area contributed by atoms with E-state index < -0.39 is 0 Å². The van der Waals surface area contributed by atoms with E-state index in [9.17, 15) is 0 Å². The Labute approximate surface area is 94.6 Å². The molecule has 1 N–H and O–H groups in total. The first-order valence-corrected chi connectivity index (χ1v) is 6.56. The van der Waals surface area contributed by atoms with E-state index >= 15 is 0 Å². The fraction of sp³-hybridized carbons (Fsp3) is 0.667. The second-order valence-electron chi connectivity index (χ2n) is 4.57. The summed E-state index contributed by atoms with van der Waals surface area (Å²) in [4.78, 5) is 2.98. The SMILES string of the molecule is Cc1cc2c(s1)CCO[C@@]21CCCNC1. The van der Waals surface area contributed by atoms with Crippen molar-refractivity contribution in [3.63, 3.8) is 0 Å². The van der Waals surface area contributed by atoms with E-state index in [-0.39, 0.29) is 5.60 Å². The fourth-order valence-corrected chi connectivity index (χ4v) is 3.89. The van der Waals surface area contributed by atoms with Crippen molar-refractivity contribution in [2.24, 2.45) is 0 Å². The minimum absolute atomic E-state index is 0.0105. The Balaban J connectivity index is 2.03. The third-order valence-electron chi connectivity index (χ3n) is 3.48. The first-order valence-electron chi connectivity index (χ1n) is 5.75. The van der Waals surface area contributed by atoms with E-state index in [1.54, 1.807) is 4.88 Å². The third kappa shape index (κ3) is 1.53. The molecule has 1 aromatic rings. The van der Waals surface area contributed by atoms with Gasteiger partial charge in [0.15, 0.2) is 0 Å². The van der Waals surface area contributed by atoms with Gasteiger partial charge < -0.3 is 10.1 Å². The van der Waals surface area contributed by atoms with Crippen molar-refractivity contribution in [2.45, 2.75) is 31.8 Å². The highest BCUT2D eigenvalue weighted by atomic mass is 32.1. The molecule has 3 heteroatoms. The lowest BCUT2D eigenvalue weighted by Crippen LogP contribution is -2.47. The average molecular weight is 223 g/mol. The van der Waals surface area contributed by atoms with Crippen LogP contribution in [0.2, 0.25) is 0 Å². The molecule has 3 rings (SSSR count). The molecule has 82 valence electrons. The molecule has 0 saturated carbocycles. The van der Waals surface area contributed by atoms with Crippen LogP contribution in [0.1, 0.15) is 28.2 Å². The van der Waals surface area contributed by atoms with Crippen molar-refractivity contribution in [3.05, 3.63) is 21.4 Å². The Morgan fingerprint density at radius 3 is 3.27 bits per heavy atom. The Hall–Kier alpha value is -0.380. The van der Waals surface area contributed by atoms with Crippen molar-refractivity contribution in [3.8, 4) is 0 Å². The maximum absolute atomic E-state index is 6.09. The molecule has 3 heterocycles. The van der Waals surface area contributed by atoms with E-state index in [0.29, 0.717) is 0 Å². The zero-order valence-electron chi connectivity index (χ0n) is 9.14. The maximum atomic E-state index is 6.09. The number of hydrogen-bond donors (Lipinski definition) is 1. The first-order chi connectivity index (χ1) is 7.30. The van der Waals surface area contributed by atoms with Crippen LogP contribution < -0.4 is 5.32 Å². The summed E-state index contributed by atoms with van der Waals surface area (Å²) in [6.07, 6.45) is 3.52. The number of hydrogen-bond acceptors (Lipinski definition) is 3. The van der Waals surface area contributed by atoms with Gasteiger partial charge in [-0.1, -0.05) is 0 Å². The molecule has 0 radical (unpaired) electrons. The van der Waals surface area contributed by atoms with Crippen LogP contribution in [0.5, 0.6) is 0 Å². The first kappa shape index (κ1) is 9.82. The van der Waals surface area contributed by atoms with Crippen LogP contribution in [-0.4, -0.2) is 19.7 Å². The van der Waals surface area contributed by atoms with Crippen LogP contribution in [0.15, 0.2) is 6.07 Å². The number of ether oxygens (including phenoxy) is 1. The summed E-state index contributed by atoms with van der Waals surface area (Å²) in [5.74, 6) is 0. The van der Waals surface area contributed by atoms with E-state index in [0.717, 1.165) is 26.1 Å². The number of aryl methyl sites for hydroxylation is 1. The van der Waals surface area contributed by atoms with E-state index in [4.69, 9.17) is 4.74 Å². The van der Waals surface area contributed by atoms with Gasteiger partial charge in [-0.05, 0) is 37.9 Å². The van der Waals surface area contributed by atoms with Gasteiger partial charge in [-0.25, -0.2) is 0 Å². The highest BCUT2D eigenvalue weighted by Gasteiger charge is 2.39. The molecule has 2 aliphatic rings. The van der Waals surface area contributed by atoms with Crippen LogP contribution in [0.3, 0.4) is 0 Å². The molecule has 1 spiro atoms. The van der Waals surface area contributed by atoms with Gasteiger partial charge in [0.2, 0.25) is 0 Å². The molecular formula is C12H17NOS. The van der Waals surface area contributed by atoms with Crippen molar-refractivity contribution in [1.29, 1.82) is 0 Å². The predicted octanol–water partition coefficient (Wildman–Crippen LogP) is 2.21. The average Bonchev–Trinajstić information content (AvgIpc) is 2.62. The van der Waals surface area contributed by atoms with Crippen molar-refractivity contribution in [2.75, 3.05) is 19.7 Å². The lowest BCUT2D eigenvalue weighted by Gasteiger charge is -2.40. The molecule has 0 amide bonds. The minimum Gasteiger partial charge on any atom is -0.369 e. The van der Waals surface area contributed by atoms with Gasteiger partial charge in [-0.2, -0.15) is 0 Å². The van der Waals surface area contributed by atoms with Gasteiger partial charge in [0.05, 0.1) is 6.61 Å². The normalized spacial score (nSPS) is 30.5. The summed E-state index contributed by atoms with van der Waals surface area (Å²) in [7, 11) is 0. The predicted molar refractivity (Wildman–Crippen MR) is 62.5 cm³/mol. The number of nitrogens with one attached hydrogen (secondary N) is 1. The van der Waals surface area contributed by atoms with Gasteiger partial charge in [-0.15, -0.1) is 11.3 Å². The molecule has 1 fully saturated rings. The summed E-state index contributed by atoms with van der Waals surface area (Å²) >= 11 is 1.95. The van der Waals surface area contributed by atoms with Gasteiger partial charge >= 0.3 is 0 Å². The summed E-state index contributed by atoms with van der Waals surface area (Å²) in [5.41, 5.74) is 1.49. The zero-order chi connectivity index (χ0) is 10.3. The van der Waals surface area contributed by atoms with Gasteiger partial charge in [0, 0.05) is 22.7 Å². The Kier molecular flexibility index (Phi) is 2.34. The smallest absolute Gasteiger partial charge is 0.107 e. The Morgan fingerprint density at radius 2 is 2.47 bits per heavy atom. The van der Waals surface area contributed by atoms with Gasteiger partial charge in [0.25, 0.3) is 0 Å². The number of rotatable bonds is 0. The van der Waals surface area contributed by atoms with Gasteiger partial charge in [-0.3, -0.25) is 0 Å². The van der Waals surface area contributed by atoms with Crippen LogP contribution in [-0.2, 0) is 16.8 Å². The number of piperidine rings is 1. The van der Waals surface area contributed by atoms with Gasteiger partial charge in [0.1, 0.15) is 5.60 Å². The van der Waals surface area contributed by atoms with Crippen molar-refractivity contribution < 1.29 is 4.74 Å². The Morgan fingerprint density at radius 1 is 1.53 bits per heavy atom. The molecule has 2 nitrogen and oxygen atoms in total. The summed E-state index contributed by atoms with van der Waals surface area (Å²) < 4.78 is 6.09. The second-order valence-corrected chi connectivity index (χ2v) is 5.91. The molecule has 15 heavy (non-hydrogen) atoms. The highest BCUT2D eigenvalue weighted by Crippen LogP contribution is 2.41. The molecule has 0 aliphatic carbocycles. The van der Waals surface area contributed by atoms with Crippen LogP contribution in [0.25, 0.3) is 0 Å². The second kappa shape index (κ2) is 3.58. The van der Waals surface area contributed by atoms with E-state index in [1.165, 1.54) is 23.3 Å². The molecule has 1 aromatic heterocycles. The minimum atomic E-state index is 0.0105. The molecule has 0 aromatic carbocycles. The number of fused-ring (bicyclic) bond motifs is 2. The quantitative estimate of drug-likeness (QED) is 0.728. The molecular weight excluding hydrogens is 206 g/mol. The molecule has 0 bridgehead atoms. The summed E-state index contributed by atoms with van der Waals surface area (Å²) in [6.45, 7) is 5.24. The summed E-state index contributed by atoms with van der Waals surface area (Å²) in [6, 6.07) is 2.34. The van der Waals surface area contributed by atoms with Crippen LogP contribution >= 0.6 is 11.3 Å². The number of thiophene rings is 1. The maximum Gasteiger partial charge on any atom is 0.107 e. The fourth-order valence-electron chi connectivity index (χ4n) is 2.78. The van der Waals surface area contributed by atoms with Crippen molar-refractivity contribution in [1.82, 2.24) is 5.32 Å². The van der Waals surface area contributed by atoms with Crippen molar-refractivity contribution >= 4 is 11.3 Å². The molecule has 2 aliphatic heterocycles. The van der Waals surface area contributed by atoms with Crippen LogP contribution in [0, 0.1) is 6.92 Å². The third-order valence-corrected chi connectivity index (χ3v) is 4.59.